The molecule has 1 N–H and O–H groups in total. The summed E-state index contributed by atoms with van der Waals surface area (Å²) < 4.78 is 0. The van der Waals surface area contributed by atoms with Crippen molar-refractivity contribution in [1.29, 1.82) is 5.41 Å². The molecule has 0 amide bonds. The molecule has 1 atom stereocenters. The third kappa shape index (κ3) is 2.38. The van der Waals surface area contributed by atoms with Crippen molar-refractivity contribution < 1.29 is 0 Å². The Morgan fingerprint density at radius 1 is 1.31 bits per heavy atom. The smallest absolute Gasteiger partial charge is 0.0840 e. The molecule has 1 aromatic rings. The summed E-state index contributed by atoms with van der Waals surface area (Å²) in [5.41, 5.74) is 1.43. The first kappa shape index (κ1) is 9.90. The van der Waals surface area contributed by atoms with Crippen molar-refractivity contribution >= 4 is 5.71 Å². The summed E-state index contributed by atoms with van der Waals surface area (Å²) in [5.74, 6) is 0.768. The Kier molecular flexibility index (Phi) is 3.18. The summed E-state index contributed by atoms with van der Waals surface area (Å²) in [7, 11) is 0. The van der Waals surface area contributed by atoms with Gasteiger partial charge in [0.2, 0.25) is 0 Å². The predicted molar refractivity (Wildman–Crippen MR) is 55.1 cm³/mol. The van der Waals surface area contributed by atoms with E-state index >= 15 is 0 Å². The molecule has 0 fully saturated rings. The molecule has 0 saturated carbocycles. The lowest BCUT2D eigenvalue weighted by Crippen LogP contribution is -2.17. The van der Waals surface area contributed by atoms with Crippen LogP contribution in [0.25, 0.3) is 0 Å². The number of aromatic nitrogens is 1. The summed E-state index contributed by atoms with van der Waals surface area (Å²) in [4.78, 5) is 4.16. The fourth-order valence-corrected chi connectivity index (χ4v) is 1.09. The van der Waals surface area contributed by atoms with Gasteiger partial charge in [-0.15, -0.1) is 0 Å². The van der Waals surface area contributed by atoms with Crippen LogP contribution in [-0.4, -0.2) is 10.7 Å². The van der Waals surface area contributed by atoms with Gasteiger partial charge in [-0.05, 0) is 18.1 Å². The first-order chi connectivity index (χ1) is 6.13. The molecule has 1 rings (SSSR count). The number of hydrogen-bond acceptors (Lipinski definition) is 2. The molecule has 0 aliphatic carbocycles. The zero-order valence-electron chi connectivity index (χ0n) is 8.41. The van der Waals surface area contributed by atoms with E-state index in [9.17, 15) is 0 Å². The molecule has 2 nitrogen and oxygen atoms in total. The van der Waals surface area contributed by atoms with E-state index in [0.29, 0.717) is 11.6 Å². The number of nitrogens with zero attached hydrogens (tertiary/aromatic N) is 1. The van der Waals surface area contributed by atoms with E-state index in [1.165, 1.54) is 0 Å². The van der Waals surface area contributed by atoms with Gasteiger partial charge in [0.1, 0.15) is 0 Å². The minimum Gasteiger partial charge on any atom is -0.303 e. The number of rotatable bonds is 3. The van der Waals surface area contributed by atoms with Crippen LogP contribution in [0.15, 0.2) is 24.4 Å². The highest BCUT2D eigenvalue weighted by Gasteiger charge is 2.14. The van der Waals surface area contributed by atoms with Gasteiger partial charge >= 0.3 is 0 Å². The van der Waals surface area contributed by atoms with E-state index in [-0.39, 0.29) is 5.92 Å². The second-order valence-corrected chi connectivity index (χ2v) is 3.66. The summed E-state index contributed by atoms with van der Waals surface area (Å²) in [6.07, 6.45) is 1.73. The Morgan fingerprint density at radius 2 is 2.00 bits per heavy atom. The second-order valence-electron chi connectivity index (χ2n) is 3.66. The Morgan fingerprint density at radius 3 is 2.46 bits per heavy atom. The van der Waals surface area contributed by atoms with Crippen molar-refractivity contribution in [3.8, 4) is 0 Å². The van der Waals surface area contributed by atoms with Gasteiger partial charge < -0.3 is 5.41 Å². The molecule has 1 unspecified atom stereocenters. The van der Waals surface area contributed by atoms with Crippen molar-refractivity contribution in [2.75, 3.05) is 0 Å². The van der Waals surface area contributed by atoms with E-state index in [2.05, 4.69) is 25.8 Å². The first-order valence-corrected chi connectivity index (χ1v) is 4.62. The summed E-state index contributed by atoms with van der Waals surface area (Å²) in [5, 5.41) is 7.90. The highest BCUT2D eigenvalue weighted by atomic mass is 14.7. The Hall–Kier alpha value is -1.18. The van der Waals surface area contributed by atoms with Crippen LogP contribution in [0.1, 0.15) is 26.5 Å². The van der Waals surface area contributed by atoms with Gasteiger partial charge in [0.15, 0.2) is 0 Å². The molecule has 0 spiro atoms. The summed E-state index contributed by atoms with van der Waals surface area (Å²) in [6.45, 7) is 6.33. The summed E-state index contributed by atoms with van der Waals surface area (Å²) in [6, 6.07) is 5.68. The van der Waals surface area contributed by atoms with Crippen molar-refractivity contribution in [2.45, 2.75) is 20.8 Å². The maximum atomic E-state index is 7.90. The van der Waals surface area contributed by atoms with E-state index in [1.54, 1.807) is 6.20 Å². The first-order valence-electron chi connectivity index (χ1n) is 4.62. The fourth-order valence-electron chi connectivity index (χ4n) is 1.09. The summed E-state index contributed by atoms with van der Waals surface area (Å²) >= 11 is 0. The van der Waals surface area contributed by atoms with Crippen molar-refractivity contribution in [2.24, 2.45) is 11.8 Å². The minimum absolute atomic E-state index is 0.273. The second kappa shape index (κ2) is 4.17. The molecule has 70 valence electrons. The van der Waals surface area contributed by atoms with E-state index in [4.69, 9.17) is 5.41 Å². The zero-order chi connectivity index (χ0) is 9.84. The number of pyridine rings is 1. The number of nitrogens with one attached hydrogen (secondary N) is 1. The Bertz CT molecular complexity index is 277. The van der Waals surface area contributed by atoms with Gasteiger partial charge in [-0.3, -0.25) is 4.98 Å². The SMILES string of the molecule is CC(C)C(C)C(=N)c1ccccn1. The average Bonchev–Trinajstić information content (AvgIpc) is 2.17. The highest BCUT2D eigenvalue weighted by Crippen LogP contribution is 2.14. The topological polar surface area (TPSA) is 36.7 Å². The van der Waals surface area contributed by atoms with Crippen molar-refractivity contribution in [1.82, 2.24) is 4.98 Å². The normalized spacial score (nSPS) is 12.9. The van der Waals surface area contributed by atoms with Gasteiger partial charge in [0.25, 0.3) is 0 Å². The molecule has 0 aromatic carbocycles. The maximum Gasteiger partial charge on any atom is 0.0840 e. The quantitative estimate of drug-likeness (QED) is 0.706. The Balaban J connectivity index is 2.80. The van der Waals surface area contributed by atoms with Crippen LogP contribution in [-0.2, 0) is 0 Å². The van der Waals surface area contributed by atoms with Crippen molar-refractivity contribution in [3.05, 3.63) is 30.1 Å². The molecule has 2 heteroatoms. The molecule has 0 saturated heterocycles. The molecular formula is C11H16N2. The predicted octanol–water partition coefficient (Wildman–Crippen LogP) is 2.74. The molecule has 0 aliphatic heterocycles. The lowest BCUT2D eigenvalue weighted by molar-refractivity contribution is 0.530. The lowest BCUT2D eigenvalue weighted by Gasteiger charge is -2.15. The zero-order valence-corrected chi connectivity index (χ0v) is 8.41. The van der Waals surface area contributed by atoms with Gasteiger partial charge in [-0.2, -0.15) is 0 Å². The average molecular weight is 176 g/mol. The third-order valence-corrected chi connectivity index (χ3v) is 2.40. The van der Waals surface area contributed by atoms with Crippen LogP contribution in [0, 0.1) is 17.2 Å². The van der Waals surface area contributed by atoms with Gasteiger partial charge in [0, 0.05) is 12.1 Å². The molecule has 0 radical (unpaired) electrons. The molecular weight excluding hydrogens is 160 g/mol. The molecule has 1 heterocycles. The van der Waals surface area contributed by atoms with Crippen LogP contribution >= 0.6 is 0 Å². The maximum absolute atomic E-state index is 7.90. The lowest BCUT2D eigenvalue weighted by atomic mass is 9.91. The molecule has 13 heavy (non-hydrogen) atoms. The monoisotopic (exact) mass is 176 g/mol. The van der Waals surface area contributed by atoms with Crippen LogP contribution in [0.5, 0.6) is 0 Å². The molecule has 0 bridgehead atoms. The minimum atomic E-state index is 0.273. The van der Waals surface area contributed by atoms with Crippen LogP contribution < -0.4 is 0 Å². The number of hydrogen-bond donors (Lipinski definition) is 1. The largest absolute Gasteiger partial charge is 0.303 e. The van der Waals surface area contributed by atoms with Gasteiger partial charge in [-0.1, -0.05) is 26.8 Å². The third-order valence-electron chi connectivity index (χ3n) is 2.40. The Labute approximate surface area is 79.5 Å². The highest BCUT2D eigenvalue weighted by molar-refractivity contribution is 5.98. The molecule has 0 aliphatic rings. The molecule has 1 aromatic heterocycles. The van der Waals surface area contributed by atoms with Crippen LogP contribution in [0.4, 0.5) is 0 Å². The van der Waals surface area contributed by atoms with E-state index in [0.717, 1.165) is 5.69 Å². The fraction of sp³-hybridized carbons (Fsp3) is 0.455. The van der Waals surface area contributed by atoms with Crippen molar-refractivity contribution in [3.63, 3.8) is 0 Å². The standard InChI is InChI=1S/C11H16N2/c1-8(2)9(3)11(12)10-6-4-5-7-13-10/h4-9,12H,1-3H3. The van der Waals surface area contributed by atoms with E-state index in [1.807, 2.05) is 18.2 Å². The van der Waals surface area contributed by atoms with Gasteiger partial charge in [0.05, 0.1) is 11.4 Å². The van der Waals surface area contributed by atoms with Gasteiger partial charge in [-0.25, -0.2) is 0 Å². The van der Waals surface area contributed by atoms with Crippen LogP contribution in [0.2, 0.25) is 0 Å². The van der Waals surface area contributed by atoms with E-state index < -0.39 is 0 Å². The van der Waals surface area contributed by atoms with Crippen LogP contribution in [0.3, 0.4) is 0 Å².